The lowest BCUT2D eigenvalue weighted by molar-refractivity contribution is -0.0856. The Kier molecular flexibility index (Phi) is 13.2. The lowest BCUT2D eigenvalue weighted by atomic mass is 9.77. The molecule has 2 aliphatic carbocycles. The molecule has 1 nitrogen and oxygen atoms in total. The third-order valence-electron chi connectivity index (χ3n) is 11.4. The van der Waals surface area contributed by atoms with Crippen molar-refractivity contribution in [2.24, 2.45) is 0 Å². The summed E-state index contributed by atoms with van der Waals surface area (Å²) in [7, 11) is 0. The molecule has 0 fully saturated rings. The fraction of sp³-hybridized carbons (Fsp3) is 0.636. The monoisotopic (exact) mass is 611 g/mol. The van der Waals surface area contributed by atoms with E-state index in [1.165, 1.54) is 97.6 Å². The lowest BCUT2D eigenvalue weighted by Gasteiger charge is -2.42. The molecule has 0 bridgehead atoms. The van der Waals surface area contributed by atoms with Crippen LogP contribution in [0.15, 0.2) is 71.8 Å². The molecule has 0 saturated heterocycles. The van der Waals surface area contributed by atoms with Gasteiger partial charge in [-0.15, -0.1) is 0 Å². The van der Waals surface area contributed by atoms with E-state index in [1.807, 2.05) is 0 Å². The molecular weight excluding hydrogens is 544 g/mol. The highest BCUT2D eigenvalue weighted by Gasteiger charge is 2.37. The van der Waals surface area contributed by atoms with Gasteiger partial charge in [-0.25, -0.2) is 0 Å². The molecule has 45 heavy (non-hydrogen) atoms. The van der Waals surface area contributed by atoms with Gasteiger partial charge in [0.2, 0.25) is 0 Å². The SMILES string of the molecule is CCCCC(CC)c1ccc(C2CC=C(C(C)(C)OC(C)(C)C3=CCC(c4ccc(C(CC)CCCC)cc4)CC3)CC2)cc1. The van der Waals surface area contributed by atoms with Gasteiger partial charge in [0.05, 0.1) is 11.2 Å². The van der Waals surface area contributed by atoms with Gasteiger partial charge in [0, 0.05) is 0 Å². The van der Waals surface area contributed by atoms with Gasteiger partial charge < -0.3 is 4.74 Å². The average Bonchev–Trinajstić information content (AvgIpc) is 3.06. The molecule has 0 N–H and O–H groups in total. The molecule has 2 aromatic rings. The Labute approximate surface area is 278 Å². The molecule has 0 spiro atoms. The summed E-state index contributed by atoms with van der Waals surface area (Å²) in [6.45, 7) is 18.5. The van der Waals surface area contributed by atoms with Crippen molar-refractivity contribution in [1.29, 1.82) is 0 Å². The van der Waals surface area contributed by atoms with Crippen molar-refractivity contribution in [1.82, 2.24) is 0 Å². The van der Waals surface area contributed by atoms with Crippen molar-refractivity contribution in [3.8, 4) is 0 Å². The number of benzene rings is 2. The minimum atomic E-state index is -0.257. The summed E-state index contributed by atoms with van der Waals surface area (Å²) in [6.07, 6.45) is 22.3. The molecule has 0 aromatic heterocycles. The molecule has 4 unspecified atom stereocenters. The van der Waals surface area contributed by atoms with Crippen LogP contribution in [0.5, 0.6) is 0 Å². The largest absolute Gasteiger partial charge is 0.361 e. The second kappa shape index (κ2) is 16.6. The summed E-state index contributed by atoms with van der Waals surface area (Å²) in [6, 6.07) is 19.4. The summed E-state index contributed by atoms with van der Waals surface area (Å²) in [5.74, 6) is 2.67. The first-order chi connectivity index (χ1) is 21.6. The third kappa shape index (κ3) is 9.47. The Morgan fingerprint density at radius 2 is 0.978 bits per heavy atom. The quantitative estimate of drug-likeness (QED) is 0.172. The van der Waals surface area contributed by atoms with Crippen molar-refractivity contribution >= 4 is 0 Å². The lowest BCUT2D eigenvalue weighted by Crippen LogP contribution is -2.40. The first kappa shape index (κ1) is 35.7. The first-order valence-corrected chi connectivity index (χ1v) is 18.9. The van der Waals surface area contributed by atoms with Gasteiger partial charge in [0.15, 0.2) is 0 Å². The summed E-state index contributed by atoms with van der Waals surface area (Å²) in [5.41, 5.74) is 8.53. The van der Waals surface area contributed by atoms with E-state index in [-0.39, 0.29) is 11.2 Å². The van der Waals surface area contributed by atoms with E-state index in [0.29, 0.717) is 23.7 Å². The highest BCUT2D eigenvalue weighted by Crippen LogP contribution is 2.43. The van der Waals surface area contributed by atoms with Crippen LogP contribution in [0.4, 0.5) is 0 Å². The Morgan fingerprint density at radius 3 is 1.27 bits per heavy atom. The van der Waals surface area contributed by atoms with Gasteiger partial charge in [0.25, 0.3) is 0 Å². The van der Waals surface area contributed by atoms with Crippen LogP contribution in [0.25, 0.3) is 0 Å². The van der Waals surface area contributed by atoms with E-state index in [4.69, 9.17) is 4.74 Å². The van der Waals surface area contributed by atoms with Crippen LogP contribution < -0.4 is 0 Å². The molecule has 2 aromatic carbocycles. The molecule has 0 radical (unpaired) electrons. The van der Waals surface area contributed by atoms with Crippen LogP contribution in [-0.2, 0) is 4.74 Å². The summed E-state index contributed by atoms with van der Waals surface area (Å²) >= 11 is 0. The molecule has 4 atom stereocenters. The number of rotatable bonds is 16. The molecule has 0 aliphatic heterocycles. The van der Waals surface area contributed by atoms with Crippen LogP contribution >= 0.6 is 0 Å². The Hall–Kier alpha value is -2.12. The predicted molar refractivity (Wildman–Crippen MR) is 197 cm³/mol. The van der Waals surface area contributed by atoms with Crippen LogP contribution in [0.2, 0.25) is 0 Å². The molecule has 0 saturated carbocycles. The number of hydrogen-bond acceptors (Lipinski definition) is 1. The van der Waals surface area contributed by atoms with Crippen molar-refractivity contribution < 1.29 is 4.74 Å². The standard InChI is InChI=1S/C44H66O/c1-9-13-15-33(11-3)35-17-21-37(22-18-35)39-25-29-41(30-26-39)43(5,6)45-44(7,8)42-31-27-40(28-32-42)38-23-19-36(20-24-38)34(12-4)16-14-10-2/h17-24,29,31,33-34,39-40H,9-16,25-28,30,32H2,1-8H3. The smallest absolute Gasteiger partial charge is 0.0847 e. The zero-order valence-corrected chi connectivity index (χ0v) is 30.4. The van der Waals surface area contributed by atoms with Crippen molar-refractivity contribution in [2.75, 3.05) is 0 Å². The average molecular weight is 611 g/mol. The topological polar surface area (TPSA) is 9.23 Å². The van der Waals surface area contributed by atoms with E-state index in [1.54, 1.807) is 0 Å². The maximum Gasteiger partial charge on any atom is 0.0847 e. The van der Waals surface area contributed by atoms with Crippen molar-refractivity contribution in [3.63, 3.8) is 0 Å². The molecule has 248 valence electrons. The molecule has 0 amide bonds. The van der Waals surface area contributed by atoms with Gasteiger partial charge >= 0.3 is 0 Å². The first-order valence-electron chi connectivity index (χ1n) is 18.9. The van der Waals surface area contributed by atoms with Crippen molar-refractivity contribution in [3.05, 3.63) is 94.1 Å². The van der Waals surface area contributed by atoms with Gasteiger partial charge in [-0.2, -0.15) is 0 Å². The molecule has 0 heterocycles. The predicted octanol–water partition coefficient (Wildman–Crippen LogP) is 13.7. The molecule has 1 heteroatoms. The molecule has 2 aliphatic rings. The maximum absolute atomic E-state index is 7.02. The number of hydrogen-bond donors (Lipinski definition) is 0. The van der Waals surface area contributed by atoms with Gasteiger partial charge in [-0.05, 0) is 149 Å². The van der Waals surface area contributed by atoms with Crippen LogP contribution in [0.3, 0.4) is 0 Å². The summed E-state index contributed by atoms with van der Waals surface area (Å²) < 4.78 is 7.02. The second-order valence-electron chi connectivity index (χ2n) is 15.4. The van der Waals surface area contributed by atoms with Crippen molar-refractivity contribution in [2.45, 2.75) is 180 Å². The van der Waals surface area contributed by atoms with Gasteiger partial charge in [0.1, 0.15) is 0 Å². The van der Waals surface area contributed by atoms with Crippen LogP contribution in [0, 0.1) is 0 Å². The second-order valence-corrected chi connectivity index (χ2v) is 15.4. The normalized spacial score (nSPS) is 20.8. The Morgan fingerprint density at radius 1 is 0.600 bits per heavy atom. The van der Waals surface area contributed by atoms with E-state index in [9.17, 15) is 0 Å². The third-order valence-corrected chi connectivity index (χ3v) is 11.4. The fourth-order valence-corrected chi connectivity index (χ4v) is 8.33. The van der Waals surface area contributed by atoms with Gasteiger partial charge in [-0.1, -0.05) is 114 Å². The summed E-state index contributed by atoms with van der Waals surface area (Å²) in [5, 5.41) is 0. The van der Waals surface area contributed by atoms with E-state index in [0.717, 1.165) is 25.7 Å². The van der Waals surface area contributed by atoms with Crippen LogP contribution in [0.1, 0.15) is 191 Å². The number of unbranched alkanes of at least 4 members (excludes halogenated alkanes) is 2. The molecular formula is C44H66O. The number of allylic oxidation sites excluding steroid dienone is 2. The minimum Gasteiger partial charge on any atom is -0.361 e. The minimum absolute atomic E-state index is 0.257. The Balaban J connectivity index is 1.33. The highest BCUT2D eigenvalue weighted by molar-refractivity contribution is 5.32. The van der Waals surface area contributed by atoms with Crippen LogP contribution in [-0.4, -0.2) is 11.2 Å². The van der Waals surface area contributed by atoms with E-state index < -0.39 is 0 Å². The maximum atomic E-state index is 7.02. The van der Waals surface area contributed by atoms with E-state index in [2.05, 4.69) is 116 Å². The summed E-state index contributed by atoms with van der Waals surface area (Å²) in [4.78, 5) is 0. The Bertz CT molecular complexity index is 1130. The zero-order chi connectivity index (χ0) is 32.5. The molecule has 4 rings (SSSR count). The van der Waals surface area contributed by atoms with Gasteiger partial charge in [-0.3, -0.25) is 0 Å². The fourth-order valence-electron chi connectivity index (χ4n) is 8.33. The van der Waals surface area contributed by atoms with E-state index >= 15 is 0 Å². The number of ether oxygens (including phenoxy) is 1. The zero-order valence-electron chi connectivity index (χ0n) is 30.4. The highest BCUT2D eigenvalue weighted by atomic mass is 16.5.